The van der Waals surface area contributed by atoms with Crippen LogP contribution in [0.4, 0.5) is 0 Å². The Labute approximate surface area is 97.5 Å². The normalized spacial score (nSPS) is 21.6. The summed E-state index contributed by atoms with van der Waals surface area (Å²) in [6.45, 7) is 4.52. The highest BCUT2D eigenvalue weighted by atomic mass is 32.2. The van der Waals surface area contributed by atoms with E-state index in [0.29, 0.717) is 6.54 Å². The zero-order valence-corrected chi connectivity index (χ0v) is 10.7. The predicted octanol–water partition coefficient (Wildman–Crippen LogP) is 0.161. The van der Waals surface area contributed by atoms with E-state index >= 15 is 0 Å². The summed E-state index contributed by atoms with van der Waals surface area (Å²) in [4.78, 5) is 2.24. The monoisotopic (exact) mass is 245 g/mol. The number of hydrogen-bond donors (Lipinski definition) is 1. The molecule has 1 heterocycles. The van der Waals surface area contributed by atoms with Crippen molar-refractivity contribution in [1.29, 1.82) is 5.26 Å². The molecule has 0 aromatic heterocycles. The minimum Gasteiger partial charge on any atom is -0.306 e. The molecule has 1 N–H and O–H groups in total. The Balaban J connectivity index is 2.46. The lowest BCUT2D eigenvalue weighted by Crippen LogP contribution is -2.43. The van der Waals surface area contributed by atoms with Crippen molar-refractivity contribution < 1.29 is 8.42 Å². The van der Waals surface area contributed by atoms with Gasteiger partial charge in [0, 0.05) is 6.54 Å². The maximum absolute atomic E-state index is 11.3. The first kappa shape index (κ1) is 13.4. The van der Waals surface area contributed by atoms with E-state index in [-0.39, 0.29) is 5.41 Å². The number of piperidine rings is 1. The van der Waals surface area contributed by atoms with Gasteiger partial charge in [0.05, 0.1) is 6.07 Å². The lowest BCUT2D eigenvalue weighted by atomic mass is 9.81. The Hall–Kier alpha value is -0.640. The standard InChI is InChI=1S/C10H19N3O2S/c1-10(3-6-13(2)7-4-10)9-12-16(14,15)8-5-11/h12H,3-4,6-9H2,1-2H3. The van der Waals surface area contributed by atoms with Crippen molar-refractivity contribution in [1.82, 2.24) is 9.62 Å². The fraction of sp³-hybridized carbons (Fsp3) is 0.900. The Bertz CT molecular complexity index is 364. The summed E-state index contributed by atoms with van der Waals surface area (Å²) in [6.07, 6.45) is 1.97. The molecule has 1 aliphatic heterocycles. The van der Waals surface area contributed by atoms with Gasteiger partial charge in [0.1, 0.15) is 0 Å². The van der Waals surface area contributed by atoms with Crippen molar-refractivity contribution in [3.05, 3.63) is 0 Å². The predicted molar refractivity (Wildman–Crippen MR) is 62.2 cm³/mol. The molecule has 0 bridgehead atoms. The molecule has 1 aliphatic rings. The van der Waals surface area contributed by atoms with Crippen LogP contribution in [0.3, 0.4) is 0 Å². The van der Waals surface area contributed by atoms with Gasteiger partial charge in [-0.25, -0.2) is 13.1 Å². The van der Waals surface area contributed by atoms with Crippen molar-refractivity contribution in [2.24, 2.45) is 5.41 Å². The summed E-state index contributed by atoms with van der Waals surface area (Å²) in [5, 5.41) is 8.36. The molecule has 92 valence electrons. The Morgan fingerprint density at radius 1 is 1.44 bits per heavy atom. The van der Waals surface area contributed by atoms with Crippen molar-refractivity contribution >= 4 is 10.0 Å². The van der Waals surface area contributed by atoms with E-state index in [1.807, 2.05) is 0 Å². The number of rotatable bonds is 4. The second kappa shape index (κ2) is 5.13. The molecule has 1 fully saturated rings. The van der Waals surface area contributed by atoms with Crippen molar-refractivity contribution in [3.63, 3.8) is 0 Å². The average Bonchev–Trinajstić information content (AvgIpc) is 2.21. The third kappa shape index (κ3) is 4.08. The van der Waals surface area contributed by atoms with E-state index in [4.69, 9.17) is 5.26 Å². The summed E-state index contributed by atoms with van der Waals surface area (Å²) in [7, 11) is -1.34. The van der Waals surface area contributed by atoms with Gasteiger partial charge in [0.15, 0.2) is 5.75 Å². The summed E-state index contributed by atoms with van der Waals surface area (Å²) in [5.74, 6) is -0.455. The third-order valence-electron chi connectivity index (χ3n) is 3.17. The van der Waals surface area contributed by atoms with Gasteiger partial charge in [-0.2, -0.15) is 5.26 Å². The number of sulfonamides is 1. The Kier molecular flexibility index (Phi) is 4.30. The lowest BCUT2D eigenvalue weighted by Gasteiger charge is -2.37. The number of nitrogens with one attached hydrogen (secondary N) is 1. The van der Waals surface area contributed by atoms with Gasteiger partial charge in [0.25, 0.3) is 0 Å². The fourth-order valence-electron chi connectivity index (χ4n) is 1.76. The van der Waals surface area contributed by atoms with E-state index in [1.165, 1.54) is 0 Å². The molecule has 1 rings (SSSR count). The van der Waals surface area contributed by atoms with Crippen molar-refractivity contribution in [3.8, 4) is 6.07 Å². The Morgan fingerprint density at radius 2 is 2.00 bits per heavy atom. The quantitative estimate of drug-likeness (QED) is 0.766. The van der Waals surface area contributed by atoms with Gasteiger partial charge in [-0.1, -0.05) is 6.92 Å². The van der Waals surface area contributed by atoms with Crippen LogP contribution in [-0.4, -0.2) is 45.8 Å². The summed E-state index contributed by atoms with van der Waals surface area (Å²) in [5.41, 5.74) is 0.0229. The highest BCUT2D eigenvalue weighted by Crippen LogP contribution is 2.29. The number of nitriles is 1. The first-order valence-electron chi connectivity index (χ1n) is 5.40. The highest BCUT2D eigenvalue weighted by molar-refractivity contribution is 7.89. The van der Waals surface area contributed by atoms with Gasteiger partial charge in [-0.05, 0) is 38.4 Å². The van der Waals surface area contributed by atoms with Crippen LogP contribution in [0.2, 0.25) is 0 Å². The number of likely N-dealkylation sites (tertiary alicyclic amines) is 1. The van der Waals surface area contributed by atoms with Gasteiger partial charge in [-0.15, -0.1) is 0 Å². The fourth-order valence-corrected chi connectivity index (χ4v) is 2.60. The van der Waals surface area contributed by atoms with E-state index in [0.717, 1.165) is 25.9 Å². The number of hydrogen-bond acceptors (Lipinski definition) is 4. The van der Waals surface area contributed by atoms with E-state index < -0.39 is 15.8 Å². The molecular weight excluding hydrogens is 226 g/mol. The Morgan fingerprint density at radius 3 is 2.50 bits per heavy atom. The maximum atomic E-state index is 11.3. The molecule has 0 amide bonds. The molecule has 0 unspecified atom stereocenters. The molecular formula is C10H19N3O2S. The zero-order valence-electron chi connectivity index (χ0n) is 9.86. The minimum atomic E-state index is -3.41. The SMILES string of the molecule is CN1CCC(C)(CNS(=O)(=O)CC#N)CC1. The molecule has 1 saturated heterocycles. The van der Waals surface area contributed by atoms with Crippen LogP contribution in [0.25, 0.3) is 0 Å². The van der Waals surface area contributed by atoms with Gasteiger partial charge < -0.3 is 4.90 Å². The molecule has 0 radical (unpaired) electrons. The zero-order chi connectivity index (χ0) is 12.2. The molecule has 16 heavy (non-hydrogen) atoms. The van der Waals surface area contributed by atoms with Crippen molar-refractivity contribution in [2.45, 2.75) is 19.8 Å². The first-order chi connectivity index (χ1) is 7.37. The topological polar surface area (TPSA) is 73.2 Å². The maximum Gasteiger partial charge on any atom is 0.225 e. The van der Waals surface area contributed by atoms with Crippen LogP contribution in [0.1, 0.15) is 19.8 Å². The van der Waals surface area contributed by atoms with Crippen molar-refractivity contribution in [2.75, 3.05) is 32.4 Å². The molecule has 0 saturated carbocycles. The minimum absolute atomic E-state index is 0.0229. The molecule has 0 atom stereocenters. The third-order valence-corrected chi connectivity index (χ3v) is 4.26. The second-order valence-corrected chi connectivity index (χ2v) is 6.66. The summed E-state index contributed by atoms with van der Waals surface area (Å²) in [6, 6.07) is 1.66. The molecule has 0 spiro atoms. The smallest absolute Gasteiger partial charge is 0.225 e. The molecule has 6 heteroatoms. The van der Waals surface area contributed by atoms with Crippen LogP contribution in [0.5, 0.6) is 0 Å². The van der Waals surface area contributed by atoms with Crippen LogP contribution in [0, 0.1) is 16.7 Å². The lowest BCUT2D eigenvalue weighted by molar-refractivity contribution is 0.143. The van der Waals surface area contributed by atoms with Crippen LogP contribution >= 0.6 is 0 Å². The average molecular weight is 245 g/mol. The molecule has 0 aromatic rings. The molecule has 5 nitrogen and oxygen atoms in total. The van der Waals surface area contributed by atoms with E-state index in [9.17, 15) is 8.42 Å². The van der Waals surface area contributed by atoms with E-state index in [2.05, 4.69) is 23.6 Å². The summed E-state index contributed by atoms with van der Waals surface area (Å²) < 4.78 is 25.2. The molecule has 0 aromatic carbocycles. The van der Waals surface area contributed by atoms with Crippen LogP contribution in [0.15, 0.2) is 0 Å². The molecule has 0 aliphatic carbocycles. The summed E-state index contributed by atoms with van der Waals surface area (Å²) >= 11 is 0. The van der Waals surface area contributed by atoms with Crippen LogP contribution < -0.4 is 4.72 Å². The first-order valence-corrected chi connectivity index (χ1v) is 7.05. The van der Waals surface area contributed by atoms with Gasteiger partial charge in [-0.3, -0.25) is 0 Å². The van der Waals surface area contributed by atoms with Gasteiger partial charge in [0.2, 0.25) is 10.0 Å². The van der Waals surface area contributed by atoms with Gasteiger partial charge >= 0.3 is 0 Å². The van der Waals surface area contributed by atoms with Crippen LogP contribution in [-0.2, 0) is 10.0 Å². The highest BCUT2D eigenvalue weighted by Gasteiger charge is 2.29. The second-order valence-electron chi connectivity index (χ2n) is 4.85. The number of nitrogens with zero attached hydrogens (tertiary/aromatic N) is 2. The largest absolute Gasteiger partial charge is 0.306 e. The van der Waals surface area contributed by atoms with E-state index in [1.54, 1.807) is 6.07 Å².